The van der Waals surface area contributed by atoms with Crippen LogP contribution in [0.5, 0.6) is 11.5 Å². The smallest absolute Gasteiger partial charge is 0.347 e. The SMILES string of the molecule is C=C/C(c1nc2cc(OC)c(OC)cc2c(=O)o1)=c1/ccccc1=C. The lowest BCUT2D eigenvalue weighted by atomic mass is 10.1. The van der Waals surface area contributed by atoms with Crippen LogP contribution >= 0.6 is 0 Å². The number of benzene rings is 2. The quantitative estimate of drug-likeness (QED) is 0.730. The molecule has 0 N–H and O–H groups in total. The maximum atomic E-state index is 12.4. The Hall–Kier alpha value is -3.34. The number of hydrogen-bond acceptors (Lipinski definition) is 5. The van der Waals surface area contributed by atoms with E-state index in [0.717, 1.165) is 10.4 Å². The molecule has 0 aliphatic rings. The predicted octanol–water partition coefficient (Wildman–Crippen LogP) is 2.00. The Labute approximate surface area is 144 Å². The summed E-state index contributed by atoms with van der Waals surface area (Å²) in [5.41, 5.74) is 0.533. The maximum Gasteiger partial charge on any atom is 0.347 e. The molecule has 0 aliphatic heterocycles. The molecule has 0 bridgehead atoms. The summed E-state index contributed by atoms with van der Waals surface area (Å²) in [5, 5.41) is 1.90. The Morgan fingerprint density at radius 3 is 2.48 bits per heavy atom. The van der Waals surface area contributed by atoms with Crippen LogP contribution in [0.25, 0.3) is 23.1 Å². The van der Waals surface area contributed by atoms with E-state index in [1.807, 2.05) is 24.3 Å². The van der Waals surface area contributed by atoms with E-state index in [2.05, 4.69) is 18.1 Å². The molecule has 2 aromatic carbocycles. The number of ether oxygens (including phenoxy) is 2. The van der Waals surface area contributed by atoms with Gasteiger partial charge in [0.2, 0.25) is 5.89 Å². The Bertz CT molecular complexity index is 1130. The Balaban J connectivity index is 2.37. The summed E-state index contributed by atoms with van der Waals surface area (Å²) in [6.07, 6.45) is 1.60. The van der Waals surface area contributed by atoms with Crippen LogP contribution in [0.2, 0.25) is 0 Å². The van der Waals surface area contributed by atoms with Gasteiger partial charge in [0.15, 0.2) is 11.5 Å². The fourth-order valence-corrected chi connectivity index (χ4v) is 2.61. The number of allylic oxidation sites excluding steroid dienone is 1. The third kappa shape index (κ3) is 2.92. The molecule has 1 aromatic heterocycles. The highest BCUT2D eigenvalue weighted by Gasteiger charge is 2.14. The standard InChI is InChI=1S/C20H17NO4/c1-5-13(14-9-7-6-8-12(14)2)19-21-16-11-18(24-4)17(23-3)10-15(16)20(22)25-19/h5-11H,1-2H2,3-4H3/b14-13+. The van der Waals surface area contributed by atoms with Gasteiger partial charge in [-0.1, -0.05) is 43.5 Å². The zero-order valence-corrected chi connectivity index (χ0v) is 14.0. The normalized spacial score (nSPS) is 11.9. The van der Waals surface area contributed by atoms with Gasteiger partial charge in [-0.25, -0.2) is 9.78 Å². The molecule has 0 spiro atoms. The van der Waals surface area contributed by atoms with Crippen molar-refractivity contribution in [2.24, 2.45) is 0 Å². The van der Waals surface area contributed by atoms with E-state index in [0.29, 0.717) is 28.0 Å². The zero-order valence-electron chi connectivity index (χ0n) is 14.0. The van der Waals surface area contributed by atoms with Crippen molar-refractivity contribution in [1.29, 1.82) is 0 Å². The molecule has 0 aliphatic carbocycles. The minimum absolute atomic E-state index is 0.177. The molecule has 0 atom stereocenters. The molecular weight excluding hydrogens is 318 g/mol. The van der Waals surface area contributed by atoms with Crippen LogP contribution in [-0.4, -0.2) is 19.2 Å². The van der Waals surface area contributed by atoms with Crippen LogP contribution in [0.15, 0.2) is 58.3 Å². The van der Waals surface area contributed by atoms with Crippen molar-refractivity contribution in [3.63, 3.8) is 0 Å². The first-order chi connectivity index (χ1) is 12.1. The van der Waals surface area contributed by atoms with E-state index in [1.165, 1.54) is 14.2 Å². The number of rotatable bonds is 4. The lowest BCUT2D eigenvalue weighted by Gasteiger charge is -2.09. The second-order valence-corrected chi connectivity index (χ2v) is 5.31. The van der Waals surface area contributed by atoms with Crippen molar-refractivity contribution < 1.29 is 13.9 Å². The summed E-state index contributed by atoms with van der Waals surface area (Å²) in [5.74, 6) is 1.10. The van der Waals surface area contributed by atoms with E-state index in [-0.39, 0.29) is 5.89 Å². The van der Waals surface area contributed by atoms with Gasteiger partial charge in [-0.05, 0) is 10.4 Å². The van der Waals surface area contributed by atoms with E-state index >= 15 is 0 Å². The molecular formula is C20H17NO4. The van der Waals surface area contributed by atoms with Crippen molar-refractivity contribution in [3.8, 4) is 11.5 Å². The van der Waals surface area contributed by atoms with E-state index in [4.69, 9.17) is 13.9 Å². The second kappa shape index (κ2) is 6.65. The predicted molar refractivity (Wildman–Crippen MR) is 97.3 cm³/mol. The average Bonchev–Trinajstić information content (AvgIpc) is 2.63. The fraction of sp³-hybridized carbons (Fsp3) is 0.100. The van der Waals surface area contributed by atoms with Crippen molar-refractivity contribution in [2.45, 2.75) is 0 Å². The van der Waals surface area contributed by atoms with Crippen LogP contribution in [0, 0.1) is 0 Å². The van der Waals surface area contributed by atoms with Crippen LogP contribution < -0.4 is 25.5 Å². The molecule has 3 rings (SSSR count). The fourth-order valence-electron chi connectivity index (χ4n) is 2.61. The van der Waals surface area contributed by atoms with Gasteiger partial charge >= 0.3 is 5.63 Å². The van der Waals surface area contributed by atoms with Crippen molar-refractivity contribution in [1.82, 2.24) is 4.98 Å². The Kier molecular flexibility index (Phi) is 4.39. The first-order valence-electron chi connectivity index (χ1n) is 7.57. The molecule has 5 heteroatoms. The van der Waals surface area contributed by atoms with Gasteiger partial charge in [-0.15, -0.1) is 0 Å². The van der Waals surface area contributed by atoms with Crippen LogP contribution in [-0.2, 0) is 0 Å². The van der Waals surface area contributed by atoms with Crippen molar-refractivity contribution in [3.05, 3.63) is 75.8 Å². The van der Waals surface area contributed by atoms with Gasteiger partial charge in [-0.2, -0.15) is 0 Å². The minimum atomic E-state index is -0.512. The summed E-state index contributed by atoms with van der Waals surface area (Å²) >= 11 is 0. The molecule has 0 radical (unpaired) electrons. The third-order valence-corrected chi connectivity index (χ3v) is 3.88. The van der Waals surface area contributed by atoms with Gasteiger partial charge in [0.1, 0.15) is 0 Å². The number of fused-ring (bicyclic) bond motifs is 1. The van der Waals surface area contributed by atoms with Crippen LogP contribution in [0.4, 0.5) is 0 Å². The molecule has 0 unspecified atom stereocenters. The zero-order chi connectivity index (χ0) is 18.0. The highest BCUT2D eigenvalue weighted by atomic mass is 16.5. The number of nitrogens with zero attached hydrogens (tertiary/aromatic N) is 1. The first-order valence-corrected chi connectivity index (χ1v) is 7.57. The van der Waals surface area contributed by atoms with E-state index in [9.17, 15) is 4.79 Å². The lowest BCUT2D eigenvalue weighted by Crippen LogP contribution is -2.25. The van der Waals surface area contributed by atoms with Gasteiger partial charge in [0, 0.05) is 17.7 Å². The van der Waals surface area contributed by atoms with Gasteiger partial charge in [0.25, 0.3) is 0 Å². The topological polar surface area (TPSA) is 61.6 Å². The Morgan fingerprint density at radius 1 is 1.16 bits per heavy atom. The van der Waals surface area contributed by atoms with E-state index in [1.54, 1.807) is 18.2 Å². The highest BCUT2D eigenvalue weighted by Crippen LogP contribution is 2.30. The molecule has 1 heterocycles. The number of methoxy groups -OCH3 is 2. The molecule has 0 saturated heterocycles. The lowest BCUT2D eigenvalue weighted by molar-refractivity contribution is 0.355. The number of hydrogen-bond donors (Lipinski definition) is 0. The molecule has 126 valence electrons. The molecule has 3 aromatic rings. The second-order valence-electron chi connectivity index (χ2n) is 5.31. The van der Waals surface area contributed by atoms with Crippen molar-refractivity contribution in [2.75, 3.05) is 14.2 Å². The summed E-state index contributed by atoms with van der Waals surface area (Å²) in [6.45, 7) is 7.81. The Morgan fingerprint density at radius 2 is 1.84 bits per heavy atom. The monoisotopic (exact) mass is 335 g/mol. The molecule has 25 heavy (non-hydrogen) atoms. The van der Waals surface area contributed by atoms with Gasteiger partial charge in [0.05, 0.1) is 25.1 Å². The van der Waals surface area contributed by atoms with Gasteiger partial charge in [-0.3, -0.25) is 0 Å². The first kappa shape index (κ1) is 16.5. The largest absolute Gasteiger partial charge is 0.493 e. The molecule has 0 fully saturated rings. The maximum absolute atomic E-state index is 12.4. The molecule has 5 nitrogen and oxygen atoms in total. The number of aromatic nitrogens is 1. The van der Waals surface area contributed by atoms with Crippen molar-refractivity contribution >= 4 is 23.1 Å². The average molecular weight is 335 g/mol. The molecule has 0 saturated carbocycles. The van der Waals surface area contributed by atoms with E-state index < -0.39 is 5.63 Å². The summed E-state index contributed by atoms with van der Waals surface area (Å²) in [7, 11) is 3.03. The summed E-state index contributed by atoms with van der Waals surface area (Å²) in [6, 6.07) is 10.7. The summed E-state index contributed by atoms with van der Waals surface area (Å²) in [4.78, 5) is 16.9. The van der Waals surface area contributed by atoms with Crippen LogP contribution in [0.1, 0.15) is 5.89 Å². The highest BCUT2D eigenvalue weighted by molar-refractivity contribution is 5.83. The van der Waals surface area contributed by atoms with Gasteiger partial charge < -0.3 is 13.9 Å². The molecule has 0 amide bonds. The minimum Gasteiger partial charge on any atom is -0.493 e. The third-order valence-electron chi connectivity index (χ3n) is 3.88. The summed E-state index contributed by atoms with van der Waals surface area (Å²) < 4.78 is 15.9. The van der Waals surface area contributed by atoms with Crippen LogP contribution in [0.3, 0.4) is 0 Å².